The maximum atomic E-state index is 7.43. The van der Waals surface area contributed by atoms with Crippen LogP contribution in [0.1, 0.15) is 11.4 Å². The van der Waals surface area contributed by atoms with E-state index < -0.39 is 0 Å². The first-order valence-corrected chi connectivity index (χ1v) is 6.26. The van der Waals surface area contributed by atoms with Gasteiger partial charge >= 0.3 is 0 Å². The summed E-state index contributed by atoms with van der Waals surface area (Å²) < 4.78 is 0.938. The van der Waals surface area contributed by atoms with Crippen LogP contribution in [-0.2, 0) is 0 Å². The number of nitrogens with one attached hydrogen (secondary N) is 1. The molecule has 0 atom stereocenters. The quantitative estimate of drug-likeness (QED) is 0.647. The average molecular weight is 250 g/mol. The van der Waals surface area contributed by atoms with Crippen LogP contribution in [0.5, 0.6) is 0 Å². The smallest absolute Gasteiger partial charge is 0.154 e. The third-order valence-corrected chi connectivity index (χ3v) is 3.93. The summed E-state index contributed by atoms with van der Waals surface area (Å²) in [4.78, 5) is 9.30. The molecule has 0 unspecified atom stereocenters. The van der Waals surface area contributed by atoms with Gasteiger partial charge in [-0.3, -0.25) is 10.4 Å². The Morgan fingerprint density at radius 2 is 2.38 bits per heavy atom. The molecule has 2 aromatic heterocycles. The van der Waals surface area contributed by atoms with Crippen molar-refractivity contribution in [1.82, 2.24) is 9.97 Å². The fourth-order valence-electron chi connectivity index (χ4n) is 1.15. The van der Waals surface area contributed by atoms with E-state index in [0.717, 1.165) is 14.9 Å². The Kier molecular flexibility index (Phi) is 3.21. The Balaban J connectivity index is 2.31. The molecule has 16 heavy (non-hydrogen) atoms. The number of nitrogens with zero attached hydrogens (tertiary/aromatic N) is 2. The average Bonchev–Trinajstić information content (AvgIpc) is 2.64. The van der Waals surface area contributed by atoms with E-state index in [1.54, 1.807) is 17.5 Å². The molecular formula is C10H10N4S2. The summed E-state index contributed by atoms with van der Waals surface area (Å²) in [5, 5.41) is 9.42. The van der Waals surface area contributed by atoms with Crippen molar-refractivity contribution < 1.29 is 0 Å². The predicted molar refractivity (Wildman–Crippen MR) is 66.2 cm³/mol. The van der Waals surface area contributed by atoms with Crippen molar-refractivity contribution in [1.29, 1.82) is 5.41 Å². The Morgan fingerprint density at radius 3 is 3.00 bits per heavy atom. The molecule has 4 nitrogen and oxygen atoms in total. The van der Waals surface area contributed by atoms with E-state index in [4.69, 9.17) is 11.1 Å². The first-order valence-electron chi connectivity index (χ1n) is 4.56. The normalized spacial score (nSPS) is 10.3. The molecular weight excluding hydrogens is 240 g/mol. The molecule has 0 saturated heterocycles. The SMILES string of the molecule is Cc1csc(Sc2cccnc2C(=N)N)n1. The van der Waals surface area contributed by atoms with Gasteiger partial charge in [0, 0.05) is 22.2 Å². The second-order valence-corrected chi connectivity index (χ2v) is 5.27. The van der Waals surface area contributed by atoms with E-state index in [9.17, 15) is 0 Å². The highest BCUT2D eigenvalue weighted by atomic mass is 32.2. The van der Waals surface area contributed by atoms with E-state index in [1.807, 2.05) is 24.4 Å². The molecule has 0 aliphatic carbocycles. The van der Waals surface area contributed by atoms with Gasteiger partial charge in [0.25, 0.3) is 0 Å². The van der Waals surface area contributed by atoms with Crippen LogP contribution in [0.15, 0.2) is 32.9 Å². The van der Waals surface area contributed by atoms with E-state index in [2.05, 4.69) is 9.97 Å². The van der Waals surface area contributed by atoms with Crippen LogP contribution in [0.3, 0.4) is 0 Å². The molecule has 6 heteroatoms. The molecule has 2 rings (SSSR count). The third-order valence-electron chi connectivity index (χ3n) is 1.82. The maximum Gasteiger partial charge on any atom is 0.154 e. The van der Waals surface area contributed by atoms with Crippen LogP contribution in [0.2, 0.25) is 0 Å². The Bertz CT molecular complexity index is 521. The second kappa shape index (κ2) is 4.63. The zero-order valence-electron chi connectivity index (χ0n) is 8.60. The number of aromatic nitrogens is 2. The summed E-state index contributed by atoms with van der Waals surface area (Å²) in [5.74, 6) is -0.0172. The molecule has 0 aromatic carbocycles. The largest absolute Gasteiger partial charge is 0.382 e. The summed E-state index contributed by atoms with van der Waals surface area (Å²) in [6.07, 6.45) is 1.63. The van der Waals surface area contributed by atoms with Gasteiger partial charge in [0.15, 0.2) is 4.34 Å². The summed E-state index contributed by atoms with van der Waals surface area (Å²) in [7, 11) is 0. The molecule has 0 aliphatic heterocycles. The fraction of sp³-hybridized carbons (Fsp3) is 0.100. The minimum absolute atomic E-state index is 0.0172. The van der Waals surface area contributed by atoms with Gasteiger partial charge in [-0.1, -0.05) is 11.8 Å². The summed E-state index contributed by atoms with van der Waals surface area (Å²) in [6.45, 7) is 1.95. The number of hydrogen-bond acceptors (Lipinski definition) is 5. The number of rotatable bonds is 3. The van der Waals surface area contributed by atoms with Crippen LogP contribution in [0.4, 0.5) is 0 Å². The van der Waals surface area contributed by atoms with Crippen molar-refractivity contribution in [2.45, 2.75) is 16.2 Å². The number of aryl methyl sites for hydroxylation is 1. The number of amidine groups is 1. The summed E-state index contributed by atoms with van der Waals surface area (Å²) >= 11 is 3.07. The van der Waals surface area contributed by atoms with E-state index in [-0.39, 0.29) is 5.84 Å². The van der Waals surface area contributed by atoms with Gasteiger partial charge in [-0.05, 0) is 19.1 Å². The molecule has 0 radical (unpaired) electrons. The van der Waals surface area contributed by atoms with Crippen molar-refractivity contribution in [2.24, 2.45) is 5.73 Å². The highest BCUT2D eigenvalue weighted by Crippen LogP contribution is 2.31. The van der Waals surface area contributed by atoms with E-state index in [0.29, 0.717) is 5.69 Å². The van der Waals surface area contributed by atoms with Crippen LogP contribution >= 0.6 is 23.1 Å². The molecule has 0 aliphatic rings. The molecule has 0 amide bonds. The lowest BCUT2D eigenvalue weighted by Crippen LogP contribution is -2.14. The van der Waals surface area contributed by atoms with Crippen LogP contribution < -0.4 is 5.73 Å². The number of nitrogen functional groups attached to an aromatic ring is 1. The second-order valence-electron chi connectivity index (χ2n) is 3.12. The summed E-state index contributed by atoms with van der Waals surface area (Å²) in [6, 6.07) is 3.72. The van der Waals surface area contributed by atoms with Gasteiger partial charge in [-0.25, -0.2) is 4.98 Å². The van der Waals surface area contributed by atoms with Gasteiger partial charge in [0.1, 0.15) is 11.5 Å². The third kappa shape index (κ3) is 2.40. The maximum absolute atomic E-state index is 7.43. The molecule has 0 saturated carbocycles. The van der Waals surface area contributed by atoms with Crippen LogP contribution in [-0.4, -0.2) is 15.8 Å². The van der Waals surface area contributed by atoms with Crippen LogP contribution in [0, 0.1) is 12.3 Å². The lowest BCUT2D eigenvalue weighted by Gasteiger charge is -2.03. The summed E-state index contributed by atoms with van der Waals surface area (Å²) in [5.41, 5.74) is 6.98. The predicted octanol–water partition coefficient (Wildman–Crippen LogP) is 2.28. The minimum atomic E-state index is -0.0172. The lowest BCUT2D eigenvalue weighted by molar-refractivity contribution is 1.14. The Morgan fingerprint density at radius 1 is 1.56 bits per heavy atom. The molecule has 0 bridgehead atoms. The van der Waals surface area contributed by atoms with Crippen molar-refractivity contribution in [2.75, 3.05) is 0 Å². The number of nitrogens with two attached hydrogens (primary N) is 1. The molecule has 0 fully saturated rings. The van der Waals surface area contributed by atoms with Crippen molar-refractivity contribution in [3.05, 3.63) is 35.1 Å². The number of thiazole rings is 1. The molecule has 0 spiro atoms. The van der Waals surface area contributed by atoms with Gasteiger partial charge < -0.3 is 5.73 Å². The van der Waals surface area contributed by atoms with Crippen molar-refractivity contribution >= 4 is 28.9 Å². The minimum Gasteiger partial charge on any atom is -0.382 e. The van der Waals surface area contributed by atoms with Gasteiger partial charge in [0.05, 0.1) is 0 Å². The molecule has 3 N–H and O–H groups in total. The lowest BCUT2D eigenvalue weighted by atomic mass is 10.3. The molecule has 2 heterocycles. The van der Waals surface area contributed by atoms with Crippen molar-refractivity contribution in [3.63, 3.8) is 0 Å². The number of pyridine rings is 1. The Labute approximate surface area is 101 Å². The zero-order valence-corrected chi connectivity index (χ0v) is 10.2. The van der Waals surface area contributed by atoms with Crippen LogP contribution in [0.25, 0.3) is 0 Å². The molecule has 82 valence electrons. The first-order chi connectivity index (χ1) is 7.66. The monoisotopic (exact) mass is 250 g/mol. The van der Waals surface area contributed by atoms with Gasteiger partial charge in [-0.15, -0.1) is 11.3 Å². The highest BCUT2D eigenvalue weighted by molar-refractivity contribution is 8.01. The van der Waals surface area contributed by atoms with Gasteiger partial charge in [-0.2, -0.15) is 0 Å². The zero-order chi connectivity index (χ0) is 11.5. The standard InChI is InChI=1S/C10H10N4S2/c1-6-5-15-10(14-6)16-7-3-2-4-13-8(7)9(11)12/h2-5H,1H3,(H3,11,12). The van der Waals surface area contributed by atoms with Gasteiger partial charge in [0.2, 0.25) is 0 Å². The van der Waals surface area contributed by atoms with E-state index >= 15 is 0 Å². The fourth-order valence-corrected chi connectivity index (χ4v) is 3.06. The Hall–Kier alpha value is -1.40. The topological polar surface area (TPSA) is 75.7 Å². The number of hydrogen-bond donors (Lipinski definition) is 2. The molecule has 2 aromatic rings. The highest BCUT2D eigenvalue weighted by Gasteiger charge is 2.09. The van der Waals surface area contributed by atoms with Crippen molar-refractivity contribution in [3.8, 4) is 0 Å². The first kappa shape index (κ1) is 11.1. The van der Waals surface area contributed by atoms with E-state index in [1.165, 1.54) is 11.8 Å².